The molecule has 0 unspecified atom stereocenters. The molecule has 0 heterocycles. The molecule has 0 aromatic carbocycles. The molecule has 0 nitrogen and oxygen atoms in total. The summed E-state index contributed by atoms with van der Waals surface area (Å²) in [6.07, 6.45) is 5.64. The molecular formula is C14H29BrSiTe. The Morgan fingerprint density at radius 1 is 0.941 bits per heavy atom. The van der Waals surface area contributed by atoms with E-state index in [0.717, 1.165) is 0 Å². The topological polar surface area (TPSA) is 0 Å². The molecule has 0 aromatic rings. The summed E-state index contributed by atoms with van der Waals surface area (Å²) in [4.78, 5) is 0. The van der Waals surface area contributed by atoms with Crippen molar-refractivity contribution >= 4 is 27.6 Å². The predicted octanol–water partition coefficient (Wildman–Crippen LogP) is 1.97. The predicted molar refractivity (Wildman–Crippen MR) is 81.1 cm³/mol. The quantitative estimate of drug-likeness (QED) is 0.426. The van der Waals surface area contributed by atoms with Crippen LogP contribution in [0.15, 0.2) is 0 Å². The molecule has 0 amide bonds. The first-order valence-electron chi connectivity index (χ1n) is 6.63. The van der Waals surface area contributed by atoms with Crippen LogP contribution in [-0.4, -0.2) is 27.6 Å². The number of halogens is 1. The van der Waals surface area contributed by atoms with Gasteiger partial charge in [0.1, 0.15) is 0 Å². The van der Waals surface area contributed by atoms with E-state index in [9.17, 15) is 0 Å². The van der Waals surface area contributed by atoms with Crippen molar-refractivity contribution in [1.82, 2.24) is 0 Å². The molecule has 0 rings (SSSR count). The van der Waals surface area contributed by atoms with Gasteiger partial charge in [0, 0.05) is 0 Å². The Hall–Kier alpha value is 1.05. The monoisotopic (exact) mass is 434 g/mol. The van der Waals surface area contributed by atoms with Crippen molar-refractivity contribution in [3.63, 3.8) is 0 Å². The van der Waals surface area contributed by atoms with Crippen LogP contribution in [0.2, 0.25) is 33.0 Å². The van der Waals surface area contributed by atoms with Gasteiger partial charge in [0.25, 0.3) is 0 Å². The van der Waals surface area contributed by atoms with Gasteiger partial charge in [-0.2, -0.15) is 0 Å². The maximum Gasteiger partial charge on any atom is -1.00 e. The summed E-state index contributed by atoms with van der Waals surface area (Å²) in [6, 6.07) is 0. The molecule has 0 aliphatic rings. The van der Waals surface area contributed by atoms with E-state index in [1.807, 2.05) is 0 Å². The Labute approximate surface area is 128 Å². The number of hydrogen-bond donors (Lipinski definition) is 0. The Morgan fingerprint density at radius 2 is 1.41 bits per heavy atom. The Balaban J connectivity index is 0. The summed E-state index contributed by atoms with van der Waals surface area (Å²) < 4.78 is 4.42. The van der Waals surface area contributed by atoms with Crippen LogP contribution in [-0.2, 0) is 0 Å². The zero-order valence-corrected chi connectivity index (χ0v) is 17.2. The Morgan fingerprint density at radius 3 is 1.76 bits per heavy atom. The van der Waals surface area contributed by atoms with E-state index in [4.69, 9.17) is 0 Å². The molecule has 0 aromatic heterocycles. The van der Waals surface area contributed by atoms with E-state index < -0.39 is 27.6 Å². The molecule has 0 saturated heterocycles. The van der Waals surface area contributed by atoms with E-state index in [1.165, 1.54) is 30.2 Å². The van der Waals surface area contributed by atoms with Crippen LogP contribution >= 0.6 is 0 Å². The molecule has 0 N–H and O–H groups in total. The first-order valence-corrected chi connectivity index (χ1v) is 15.1. The molecule has 0 fully saturated rings. The molecule has 0 aliphatic heterocycles. The SMILES string of the molecule is CCCC[Te+](CC#C[Si](C)(C)C)CCCC.[Br-]. The molecule has 102 valence electrons. The molecule has 17 heavy (non-hydrogen) atoms. The molecule has 0 aliphatic carbocycles. The summed E-state index contributed by atoms with van der Waals surface area (Å²) in [7, 11) is -1.12. The fourth-order valence-electron chi connectivity index (χ4n) is 1.35. The van der Waals surface area contributed by atoms with Gasteiger partial charge in [-0.15, -0.1) is 0 Å². The van der Waals surface area contributed by atoms with E-state index in [1.54, 1.807) is 8.94 Å². The van der Waals surface area contributed by atoms with Crippen LogP contribution in [0.25, 0.3) is 0 Å². The molecule has 0 spiro atoms. The molecule has 0 saturated carbocycles. The van der Waals surface area contributed by atoms with Crippen molar-refractivity contribution in [3.05, 3.63) is 0 Å². The van der Waals surface area contributed by atoms with Crippen molar-refractivity contribution in [2.75, 3.05) is 0 Å². The number of unbranched alkanes of at least 4 members (excludes halogenated alkanes) is 2. The van der Waals surface area contributed by atoms with Crippen molar-refractivity contribution in [1.29, 1.82) is 0 Å². The summed E-state index contributed by atoms with van der Waals surface area (Å²) in [5.41, 5.74) is 3.54. The summed E-state index contributed by atoms with van der Waals surface area (Å²) in [6.45, 7) is 11.7. The van der Waals surface area contributed by atoms with Gasteiger partial charge in [-0.1, -0.05) is 0 Å². The second-order valence-electron chi connectivity index (χ2n) is 5.42. The van der Waals surface area contributed by atoms with Gasteiger partial charge in [-0.3, -0.25) is 0 Å². The van der Waals surface area contributed by atoms with E-state index in [-0.39, 0.29) is 17.0 Å². The van der Waals surface area contributed by atoms with Gasteiger partial charge in [0.2, 0.25) is 0 Å². The Bertz CT molecular complexity index is 217. The zero-order chi connectivity index (χ0) is 12.4. The normalized spacial score (nSPS) is 10.7. The van der Waals surface area contributed by atoms with Crippen LogP contribution in [0.3, 0.4) is 0 Å². The van der Waals surface area contributed by atoms with E-state index >= 15 is 0 Å². The van der Waals surface area contributed by atoms with Gasteiger partial charge < -0.3 is 17.0 Å². The van der Waals surface area contributed by atoms with Gasteiger partial charge in [-0.25, -0.2) is 0 Å². The summed E-state index contributed by atoms with van der Waals surface area (Å²) in [5.74, 6) is 3.53. The van der Waals surface area contributed by atoms with Crippen LogP contribution in [0.1, 0.15) is 39.5 Å². The maximum atomic E-state index is 3.54. The largest absolute Gasteiger partial charge is 1.00 e. The minimum atomic E-state index is -1.12. The molecule has 0 bridgehead atoms. The third-order valence-corrected chi connectivity index (χ3v) is 9.76. The van der Waals surface area contributed by atoms with Crippen molar-refractivity contribution < 1.29 is 17.0 Å². The van der Waals surface area contributed by atoms with Crippen molar-refractivity contribution in [3.8, 4) is 11.5 Å². The maximum absolute atomic E-state index is 3.54. The first kappa shape index (κ1) is 20.4. The zero-order valence-electron chi connectivity index (χ0n) is 12.2. The average Bonchev–Trinajstić information content (AvgIpc) is 2.19. The fraction of sp³-hybridized carbons (Fsp3) is 0.857. The van der Waals surface area contributed by atoms with Gasteiger partial charge >= 0.3 is 112 Å². The molecule has 0 atom stereocenters. The van der Waals surface area contributed by atoms with Crippen LogP contribution in [0, 0.1) is 11.5 Å². The molecular weight excluding hydrogens is 404 g/mol. The second-order valence-corrected chi connectivity index (χ2v) is 16.8. The van der Waals surface area contributed by atoms with Crippen LogP contribution in [0.4, 0.5) is 0 Å². The fourth-order valence-corrected chi connectivity index (χ4v) is 8.53. The first-order chi connectivity index (χ1) is 7.49. The van der Waals surface area contributed by atoms with E-state index in [0.29, 0.717) is 0 Å². The number of rotatable bonds is 7. The minimum Gasteiger partial charge on any atom is -1.00 e. The third kappa shape index (κ3) is 15.0. The molecule has 3 heteroatoms. The third-order valence-electron chi connectivity index (χ3n) is 2.31. The van der Waals surface area contributed by atoms with E-state index in [2.05, 4.69) is 45.0 Å². The smallest absolute Gasteiger partial charge is 1.00 e. The standard InChI is InChI=1S/C14H29SiTe.BrH/c1-6-8-12-16(13-9-7-2)14-10-11-15(3,4)5;/h6-9,12-14H2,1-5H3;1H/q+1;/p-1. The second kappa shape index (κ2) is 12.1. The van der Waals surface area contributed by atoms with Crippen molar-refractivity contribution in [2.24, 2.45) is 0 Å². The minimum absolute atomic E-state index is 0. The van der Waals surface area contributed by atoms with Gasteiger partial charge in [0.05, 0.1) is 0 Å². The van der Waals surface area contributed by atoms with Gasteiger partial charge in [0.15, 0.2) is 0 Å². The van der Waals surface area contributed by atoms with Crippen LogP contribution in [0.5, 0.6) is 0 Å². The van der Waals surface area contributed by atoms with Crippen molar-refractivity contribution in [2.45, 2.75) is 72.6 Å². The Kier molecular flexibility index (Phi) is 14.5. The molecule has 0 radical (unpaired) electrons. The number of hydrogen-bond acceptors (Lipinski definition) is 0. The summed E-state index contributed by atoms with van der Waals surface area (Å²) >= 11 is -0.818. The summed E-state index contributed by atoms with van der Waals surface area (Å²) in [5, 5.41) is 0. The van der Waals surface area contributed by atoms with Gasteiger partial charge in [-0.05, 0) is 0 Å². The average molecular weight is 433 g/mol. The van der Waals surface area contributed by atoms with Crippen LogP contribution < -0.4 is 17.0 Å².